The van der Waals surface area contributed by atoms with Crippen molar-refractivity contribution in [1.29, 1.82) is 0 Å². The van der Waals surface area contributed by atoms with Gasteiger partial charge in [0, 0.05) is 15.7 Å². The molecular formula is C25H22BrN3O5. The molecule has 3 aromatic carbocycles. The minimum Gasteiger partial charge on any atom is -0.497 e. The molecule has 2 amide bonds. The summed E-state index contributed by atoms with van der Waals surface area (Å²) < 4.78 is 11.3. The van der Waals surface area contributed by atoms with E-state index in [2.05, 4.69) is 31.8 Å². The Morgan fingerprint density at radius 1 is 0.971 bits per heavy atom. The van der Waals surface area contributed by atoms with Crippen molar-refractivity contribution in [2.75, 3.05) is 12.4 Å². The number of hydrogen-bond donors (Lipinski definition) is 2. The minimum absolute atomic E-state index is 0.225. The van der Waals surface area contributed by atoms with Crippen LogP contribution >= 0.6 is 15.9 Å². The fraction of sp³-hybridized carbons (Fsp3) is 0.120. The lowest BCUT2D eigenvalue weighted by atomic mass is 10.1. The van der Waals surface area contributed by atoms with Crippen molar-refractivity contribution in [1.82, 2.24) is 5.43 Å². The fourth-order valence-electron chi connectivity index (χ4n) is 2.82. The number of rotatable bonds is 7. The highest BCUT2D eigenvalue weighted by atomic mass is 79.9. The second-order valence-corrected chi connectivity index (χ2v) is 7.92. The van der Waals surface area contributed by atoms with E-state index >= 15 is 0 Å². The number of aryl methyl sites for hydroxylation is 1. The summed E-state index contributed by atoms with van der Waals surface area (Å²) in [6, 6.07) is 18.6. The normalized spacial score (nSPS) is 10.6. The molecule has 0 aromatic heterocycles. The predicted octanol–water partition coefficient (Wildman–Crippen LogP) is 4.33. The molecule has 9 heteroatoms. The van der Waals surface area contributed by atoms with Gasteiger partial charge in [0.25, 0.3) is 0 Å². The topological polar surface area (TPSA) is 106 Å². The summed E-state index contributed by atoms with van der Waals surface area (Å²) in [6.45, 7) is 2.02. The highest BCUT2D eigenvalue weighted by molar-refractivity contribution is 9.10. The smallest absolute Gasteiger partial charge is 0.343 e. The molecule has 174 valence electrons. The van der Waals surface area contributed by atoms with Gasteiger partial charge in [-0.3, -0.25) is 9.59 Å². The van der Waals surface area contributed by atoms with Crippen LogP contribution in [-0.4, -0.2) is 31.1 Å². The third-order valence-electron chi connectivity index (χ3n) is 4.70. The van der Waals surface area contributed by atoms with E-state index in [1.165, 1.54) is 13.3 Å². The lowest BCUT2D eigenvalue weighted by Crippen LogP contribution is -2.32. The molecule has 34 heavy (non-hydrogen) atoms. The van der Waals surface area contributed by atoms with Crippen molar-refractivity contribution in [2.45, 2.75) is 13.3 Å². The van der Waals surface area contributed by atoms with Gasteiger partial charge in [-0.15, -0.1) is 0 Å². The minimum atomic E-state index is -0.942. The number of benzene rings is 3. The summed E-state index contributed by atoms with van der Waals surface area (Å²) in [6.07, 6.45) is 2.15. The molecule has 0 unspecified atom stereocenters. The van der Waals surface area contributed by atoms with Gasteiger partial charge in [-0.25, -0.2) is 10.2 Å². The van der Waals surface area contributed by atoms with Crippen LogP contribution in [0.1, 0.15) is 28.4 Å². The molecule has 0 atom stereocenters. The molecule has 0 saturated carbocycles. The molecule has 0 saturated heterocycles. The molecule has 3 rings (SSSR count). The van der Waals surface area contributed by atoms with Crippen molar-refractivity contribution >= 4 is 45.6 Å². The molecule has 0 aliphatic carbocycles. The first-order valence-electron chi connectivity index (χ1n) is 10.3. The van der Waals surface area contributed by atoms with E-state index in [0.29, 0.717) is 27.0 Å². The number of nitrogens with zero attached hydrogens (tertiary/aromatic N) is 1. The molecule has 8 nitrogen and oxygen atoms in total. The van der Waals surface area contributed by atoms with Crippen molar-refractivity contribution in [3.63, 3.8) is 0 Å². The number of halogens is 1. The largest absolute Gasteiger partial charge is 0.497 e. The van der Waals surface area contributed by atoms with Crippen molar-refractivity contribution in [2.24, 2.45) is 5.10 Å². The number of carbonyl (C=O) groups excluding carboxylic acids is 3. The number of hydrazone groups is 1. The molecule has 0 spiro atoms. The number of amides is 2. The Morgan fingerprint density at radius 2 is 1.68 bits per heavy atom. The number of carbonyl (C=O) groups is 3. The van der Waals surface area contributed by atoms with E-state index < -0.39 is 17.8 Å². The molecule has 0 aliphatic heterocycles. The van der Waals surface area contributed by atoms with E-state index in [1.807, 2.05) is 19.1 Å². The molecule has 0 bridgehead atoms. The van der Waals surface area contributed by atoms with Crippen LogP contribution in [0.3, 0.4) is 0 Å². The summed E-state index contributed by atoms with van der Waals surface area (Å²) in [5.74, 6) is -1.53. The van der Waals surface area contributed by atoms with Crippen LogP contribution in [0.25, 0.3) is 0 Å². The zero-order chi connectivity index (χ0) is 24.5. The van der Waals surface area contributed by atoms with E-state index in [0.717, 1.165) is 12.0 Å². The van der Waals surface area contributed by atoms with Gasteiger partial charge < -0.3 is 14.8 Å². The first-order chi connectivity index (χ1) is 16.4. The SMILES string of the molecule is CCc1ccc(NC(=O)C(=O)N/N=C/c2cc(Br)ccc2OC(=O)c2ccc(OC)cc2)cc1. The van der Waals surface area contributed by atoms with Crippen molar-refractivity contribution in [3.8, 4) is 11.5 Å². The van der Waals surface area contributed by atoms with Crippen LogP contribution in [0, 0.1) is 0 Å². The molecule has 0 aliphatic rings. The average Bonchev–Trinajstić information content (AvgIpc) is 2.85. The maximum atomic E-state index is 12.5. The van der Waals surface area contributed by atoms with E-state index in [4.69, 9.17) is 9.47 Å². The molecule has 0 heterocycles. The third-order valence-corrected chi connectivity index (χ3v) is 5.19. The van der Waals surface area contributed by atoms with E-state index in [-0.39, 0.29) is 5.75 Å². The van der Waals surface area contributed by atoms with Crippen molar-refractivity contribution < 1.29 is 23.9 Å². The van der Waals surface area contributed by atoms with Gasteiger partial charge in [-0.1, -0.05) is 35.0 Å². The first kappa shape index (κ1) is 24.7. The van der Waals surface area contributed by atoms with Gasteiger partial charge in [0.05, 0.1) is 18.9 Å². The number of hydrogen-bond acceptors (Lipinski definition) is 6. The van der Waals surface area contributed by atoms with Crippen LogP contribution in [0.15, 0.2) is 76.3 Å². The number of anilines is 1. The van der Waals surface area contributed by atoms with E-state index in [9.17, 15) is 14.4 Å². The monoisotopic (exact) mass is 523 g/mol. The van der Waals surface area contributed by atoms with Crippen LogP contribution in [0.4, 0.5) is 5.69 Å². The number of esters is 1. The first-order valence-corrected chi connectivity index (χ1v) is 11.1. The Labute approximate surface area is 205 Å². The van der Waals surface area contributed by atoms with Crippen LogP contribution in [0.2, 0.25) is 0 Å². The summed E-state index contributed by atoms with van der Waals surface area (Å²) >= 11 is 3.35. The van der Waals surface area contributed by atoms with Crippen LogP contribution in [-0.2, 0) is 16.0 Å². The van der Waals surface area contributed by atoms with E-state index in [1.54, 1.807) is 54.6 Å². The Hall–Kier alpha value is -3.98. The van der Waals surface area contributed by atoms with Crippen LogP contribution < -0.4 is 20.2 Å². The summed E-state index contributed by atoms with van der Waals surface area (Å²) in [7, 11) is 1.53. The zero-order valence-corrected chi connectivity index (χ0v) is 20.1. The molecular weight excluding hydrogens is 502 g/mol. The maximum Gasteiger partial charge on any atom is 0.343 e. The highest BCUT2D eigenvalue weighted by Crippen LogP contribution is 2.23. The molecule has 0 fully saturated rings. The lowest BCUT2D eigenvalue weighted by molar-refractivity contribution is -0.136. The van der Waals surface area contributed by atoms with Crippen molar-refractivity contribution in [3.05, 3.63) is 87.9 Å². The van der Waals surface area contributed by atoms with Gasteiger partial charge in [0.2, 0.25) is 0 Å². The third kappa shape index (κ3) is 6.76. The number of methoxy groups -OCH3 is 1. The fourth-order valence-corrected chi connectivity index (χ4v) is 3.20. The van der Waals surface area contributed by atoms with Gasteiger partial charge in [-0.05, 0) is 66.6 Å². The lowest BCUT2D eigenvalue weighted by Gasteiger charge is -2.09. The summed E-state index contributed by atoms with van der Waals surface area (Å²) in [5.41, 5.74) is 4.53. The molecule has 3 aromatic rings. The summed E-state index contributed by atoms with van der Waals surface area (Å²) in [4.78, 5) is 36.7. The quantitative estimate of drug-likeness (QED) is 0.157. The summed E-state index contributed by atoms with van der Waals surface area (Å²) in [5, 5.41) is 6.33. The molecule has 2 N–H and O–H groups in total. The van der Waals surface area contributed by atoms with Gasteiger partial charge in [-0.2, -0.15) is 5.10 Å². The Morgan fingerprint density at radius 3 is 2.32 bits per heavy atom. The second kappa shape index (κ2) is 11.8. The highest BCUT2D eigenvalue weighted by Gasteiger charge is 2.14. The van der Waals surface area contributed by atoms with Gasteiger partial charge >= 0.3 is 17.8 Å². The Bertz CT molecular complexity index is 1210. The van der Waals surface area contributed by atoms with Gasteiger partial charge in [0.15, 0.2) is 0 Å². The Balaban J connectivity index is 1.64. The molecule has 0 radical (unpaired) electrons. The zero-order valence-electron chi connectivity index (χ0n) is 18.5. The van der Waals surface area contributed by atoms with Gasteiger partial charge in [0.1, 0.15) is 11.5 Å². The average molecular weight is 524 g/mol. The number of nitrogens with one attached hydrogen (secondary N) is 2. The Kier molecular flexibility index (Phi) is 8.53. The maximum absolute atomic E-state index is 12.5. The number of ether oxygens (including phenoxy) is 2. The van der Waals surface area contributed by atoms with Crippen LogP contribution in [0.5, 0.6) is 11.5 Å². The predicted molar refractivity (Wildman–Crippen MR) is 132 cm³/mol. The standard InChI is InChI=1S/C25H22BrN3O5/c1-3-16-4-9-20(10-5-16)28-23(30)24(31)29-27-15-18-14-19(26)8-13-22(18)34-25(32)17-6-11-21(33-2)12-7-17/h4-15H,3H2,1-2H3,(H,28,30)(H,29,31)/b27-15+. The second-order valence-electron chi connectivity index (χ2n) is 7.00.